The van der Waals surface area contributed by atoms with Gasteiger partial charge in [0.15, 0.2) is 6.61 Å². The van der Waals surface area contributed by atoms with E-state index in [2.05, 4.69) is 4.98 Å². The second kappa shape index (κ2) is 9.32. The minimum atomic E-state index is -0.459. The van der Waals surface area contributed by atoms with E-state index >= 15 is 0 Å². The van der Waals surface area contributed by atoms with Crippen molar-refractivity contribution in [3.8, 4) is 11.5 Å². The second-order valence-corrected chi connectivity index (χ2v) is 7.09. The number of ether oxygens (including phenoxy) is 3. The third-order valence-electron chi connectivity index (χ3n) is 3.90. The Morgan fingerprint density at radius 1 is 1.04 bits per heavy atom. The van der Waals surface area contributed by atoms with Crippen molar-refractivity contribution in [1.29, 1.82) is 0 Å². The maximum Gasteiger partial charge on any atom is 0.344 e. The minimum absolute atomic E-state index is 0.0714. The third-order valence-corrected chi connectivity index (χ3v) is 4.77. The highest BCUT2D eigenvalue weighted by molar-refractivity contribution is 7.09. The molecule has 7 heteroatoms. The van der Waals surface area contributed by atoms with Crippen LogP contribution in [0.1, 0.15) is 21.8 Å². The summed E-state index contributed by atoms with van der Waals surface area (Å²) in [5.74, 6) is 0.494. The Morgan fingerprint density at radius 3 is 2.46 bits per heavy atom. The number of hydrogen-bond acceptors (Lipinski definition) is 6. The van der Waals surface area contributed by atoms with Crippen molar-refractivity contribution < 1.29 is 23.4 Å². The van der Waals surface area contributed by atoms with Crippen LogP contribution >= 0.6 is 11.3 Å². The number of esters is 1. The molecule has 0 amide bonds. The molecular formula is C21H20FNO4S. The molecule has 0 spiro atoms. The van der Waals surface area contributed by atoms with Gasteiger partial charge in [-0.3, -0.25) is 0 Å². The first-order valence-electron chi connectivity index (χ1n) is 8.67. The lowest BCUT2D eigenvalue weighted by Crippen LogP contribution is -2.15. The molecule has 5 nitrogen and oxygen atoms in total. The predicted molar refractivity (Wildman–Crippen MR) is 104 cm³/mol. The van der Waals surface area contributed by atoms with Crippen LogP contribution in [0.5, 0.6) is 11.5 Å². The Hall–Kier alpha value is -2.93. The highest BCUT2D eigenvalue weighted by Gasteiger charge is 2.10. The molecule has 0 aliphatic rings. The molecule has 0 aliphatic heterocycles. The topological polar surface area (TPSA) is 57.7 Å². The van der Waals surface area contributed by atoms with E-state index in [1.54, 1.807) is 12.1 Å². The maximum absolute atomic E-state index is 12.9. The number of aryl methyl sites for hydroxylation is 2. The molecule has 0 fully saturated rings. The minimum Gasteiger partial charge on any atom is -0.486 e. The van der Waals surface area contributed by atoms with Crippen molar-refractivity contribution in [3.63, 3.8) is 0 Å². The predicted octanol–water partition coefficient (Wildman–Crippen LogP) is 4.60. The Labute approximate surface area is 166 Å². The molecule has 1 aromatic heterocycles. The van der Waals surface area contributed by atoms with Crippen LogP contribution < -0.4 is 9.47 Å². The Morgan fingerprint density at radius 2 is 1.75 bits per heavy atom. The molecule has 3 rings (SSSR count). The quantitative estimate of drug-likeness (QED) is 0.516. The number of para-hydroxylation sites is 1. The van der Waals surface area contributed by atoms with E-state index in [1.165, 1.54) is 23.5 Å². The van der Waals surface area contributed by atoms with Gasteiger partial charge < -0.3 is 14.2 Å². The number of benzene rings is 2. The molecule has 0 bridgehead atoms. The van der Waals surface area contributed by atoms with Gasteiger partial charge in [-0.05, 0) is 49.2 Å². The molecular weight excluding hydrogens is 381 g/mol. The summed E-state index contributed by atoms with van der Waals surface area (Å²) in [7, 11) is 0. The molecule has 146 valence electrons. The van der Waals surface area contributed by atoms with Gasteiger partial charge >= 0.3 is 5.97 Å². The highest BCUT2D eigenvalue weighted by atomic mass is 32.1. The van der Waals surface area contributed by atoms with E-state index in [-0.39, 0.29) is 25.6 Å². The average Bonchev–Trinajstić information content (AvgIpc) is 3.13. The van der Waals surface area contributed by atoms with Crippen LogP contribution in [-0.2, 0) is 22.7 Å². The molecule has 0 aliphatic carbocycles. The smallest absolute Gasteiger partial charge is 0.344 e. The molecule has 0 saturated heterocycles. The van der Waals surface area contributed by atoms with Gasteiger partial charge in [0, 0.05) is 5.38 Å². The van der Waals surface area contributed by atoms with Gasteiger partial charge in [-0.15, -0.1) is 11.3 Å². The lowest BCUT2D eigenvalue weighted by Gasteiger charge is -2.11. The van der Waals surface area contributed by atoms with E-state index in [0.717, 1.165) is 16.1 Å². The van der Waals surface area contributed by atoms with Gasteiger partial charge in [-0.25, -0.2) is 14.2 Å². The number of carbonyl (C=O) groups excluding carboxylic acids is 1. The van der Waals surface area contributed by atoms with E-state index in [1.807, 2.05) is 37.4 Å². The first-order chi connectivity index (χ1) is 13.5. The zero-order valence-electron chi connectivity index (χ0n) is 15.6. The van der Waals surface area contributed by atoms with Gasteiger partial charge in [0.25, 0.3) is 0 Å². The van der Waals surface area contributed by atoms with Crippen molar-refractivity contribution in [1.82, 2.24) is 4.98 Å². The van der Waals surface area contributed by atoms with Crippen molar-refractivity contribution in [3.05, 3.63) is 75.5 Å². The Kier molecular flexibility index (Phi) is 6.60. The summed E-state index contributed by atoms with van der Waals surface area (Å²) in [5.41, 5.74) is 2.58. The molecule has 0 radical (unpaired) electrons. The monoisotopic (exact) mass is 401 g/mol. The lowest BCUT2D eigenvalue weighted by atomic mass is 10.1. The standard InChI is InChI=1S/C21H20FNO4S/c1-14-4-3-5-15(2)21(14)27-12-20(24)26-10-17-13-28-19(23-17)11-25-18-8-6-16(22)7-9-18/h3-9,13H,10-12H2,1-2H3. The van der Waals surface area contributed by atoms with E-state index in [0.29, 0.717) is 17.2 Å². The second-order valence-electron chi connectivity index (χ2n) is 6.15. The number of hydrogen-bond donors (Lipinski definition) is 0. The first kappa shape index (κ1) is 19.8. The third kappa shape index (κ3) is 5.53. The number of aromatic nitrogens is 1. The van der Waals surface area contributed by atoms with Crippen LogP contribution in [-0.4, -0.2) is 17.6 Å². The molecule has 2 aromatic carbocycles. The number of carbonyl (C=O) groups is 1. The van der Waals surface area contributed by atoms with Gasteiger partial charge in [0.1, 0.15) is 35.5 Å². The van der Waals surface area contributed by atoms with Gasteiger partial charge in [-0.1, -0.05) is 18.2 Å². The van der Waals surface area contributed by atoms with Crippen molar-refractivity contribution >= 4 is 17.3 Å². The van der Waals surface area contributed by atoms with E-state index in [9.17, 15) is 9.18 Å². The zero-order valence-corrected chi connectivity index (χ0v) is 16.4. The molecule has 0 atom stereocenters. The normalized spacial score (nSPS) is 10.5. The molecule has 28 heavy (non-hydrogen) atoms. The van der Waals surface area contributed by atoms with Crippen molar-refractivity contribution in [2.75, 3.05) is 6.61 Å². The number of thiazole rings is 1. The van der Waals surface area contributed by atoms with Crippen LogP contribution in [0.3, 0.4) is 0 Å². The largest absolute Gasteiger partial charge is 0.486 e. The average molecular weight is 401 g/mol. The number of halogens is 1. The molecule has 0 N–H and O–H groups in total. The Balaban J connectivity index is 1.43. The summed E-state index contributed by atoms with van der Waals surface area (Å²) < 4.78 is 29.2. The summed E-state index contributed by atoms with van der Waals surface area (Å²) >= 11 is 1.41. The number of nitrogens with zero attached hydrogens (tertiary/aromatic N) is 1. The fourth-order valence-corrected chi connectivity index (χ4v) is 3.20. The lowest BCUT2D eigenvalue weighted by molar-refractivity contribution is -0.147. The van der Waals surface area contributed by atoms with E-state index in [4.69, 9.17) is 14.2 Å². The zero-order chi connectivity index (χ0) is 19.9. The van der Waals surface area contributed by atoms with Crippen LogP contribution in [0.15, 0.2) is 47.8 Å². The maximum atomic E-state index is 12.9. The fraction of sp³-hybridized carbons (Fsp3) is 0.238. The first-order valence-corrected chi connectivity index (χ1v) is 9.55. The summed E-state index contributed by atoms with van der Waals surface area (Å²) in [4.78, 5) is 16.3. The van der Waals surface area contributed by atoms with Gasteiger partial charge in [-0.2, -0.15) is 0 Å². The fourth-order valence-electron chi connectivity index (χ4n) is 2.51. The summed E-state index contributed by atoms with van der Waals surface area (Å²) in [6.45, 7) is 4.04. The van der Waals surface area contributed by atoms with Gasteiger partial charge in [0.2, 0.25) is 0 Å². The van der Waals surface area contributed by atoms with Gasteiger partial charge in [0.05, 0.1) is 5.69 Å². The van der Waals surface area contributed by atoms with E-state index < -0.39 is 5.97 Å². The molecule has 3 aromatic rings. The summed E-state index contributed by atoms with van der Waals surface area (Å²) in [6.07, 6.45) is 0. The van der Waals surface area contributed by atoms with Crippen LogP contribution in [0.2, 0.25) is 0 Å². The van der Waals surface area contributed by atoms with Crippen LogP contribution in [0.25, 0.3) is 0 Å². The van der Waals surface area contributed by atoms with Crippen LogP contribution in [0, 0.1) is 19.7 Å². The molecule has 1 heterocycles. The number of rotatable bonds is 8. The van der Waals surface area contributed by atoms with Crippen molar-refractivity contribution in [2.45, 2.75) is 27.1 Å². The van der Waals surface area contributed by atoms with Crippen molar-refractivity contribution in [2.24, 2.45) is 0 Å². The SMILES string of the molecule is Cc1cccc(C)c1OCC(=O)OCc1csc(COc2ccc(F)cc2)n1. The molecule has 0 saturated carbocycles. The summed E-state index contributed by atoms with van der Waals surface area (Å²) in [6, 6.07) is 11.6. The van der Waals surface area contributed by atoms with Crippen LogP contribution in [0.4, 0.5) is 4.39 Å². The molecule has 0 unspecified atom stereocenters. The highest BCUT2D eigenvalue weighted by Crippen LogP contribution is 2.22. The summed E-state index contributed by atoms with van der Waals surface area (Å²) in [5, 5.41) is 2.55. The Bertz CT molecular complexity index is 920.